The second-order valence-electron chi connectivity index (χ2n) is 4.16. The van der Waals surface area contributed by atoms with E-state index < -0.39 is 0 Å². The van der Waals surface area contributed by atoms with E-state index in [1.54, 1.807) is 0 Å². The Bertz CT molecular complexity index is 419. The molecular formula is C12H15BrN2OS. The molecule has 0 aliphatic carbocycles. The maximum absolute atomic E-state index is 5.71. The van der Waals surface area contributed by atoms with Gasteiger partial charge in [-0.15, -0.1) is 0 Å². The van der Waals surface area contributed by atoms with Crippen molar-refractivity contribution in [1.82, 2.24) is 0 Å². The highest BCUT2D eigenvalue weighted by molar-refractivity contribution is 9.10. The smallest absolute Gasteiger partial charge is 0.106 e. The van der Waals surface area contributed by atoms with Crippen molar-refractivity contribution >= 4 is 38.8 Å². The number of thiocarbonyl (C=S) groups is 1. The molecule has 1 heterocycles. The number of nitrogens with one attached hydrogen (secondary N) is 1. The molecule has 1 unspecified atom stereocenters. The van der Waals surface area contributed by atoms with E-state index in [1.165, 1.54) is 0 Å². The largest absolute Gasteiger partial charge is 0.389 e. The van der Waals surface area contributed by atoms with Crippen molar-refractivity contribution in [1.29, 1.82) is 0 Å². The van der Waals surface area contributed by atoms with E-state index in [4.69, 9.17) is 22.7 Å². The van der Waals surface area contributed by atoms with E-state index >= 15 is 0 Å². The number of benzene rings is 1. The van der Waals surface area contributed by atoms with Crippen molar-refractivity contribution in [2.24, 2.45) is 11.7 Å². The summed E-state index contributed by atoms with van der Waals surface area (Å²) in [5, 5.41) is 3.40. The van der Waals surface area contributed by atoms with Crippen molar-refractivity contribution in [2.75, 3.05) is 25.1 Å². The Morgan fingerprint density at radius 1 is 1.59 bits per heavy atom. The highest BCUT2D eigenvalue weighted by atomic mass is 79.9. The van der Waals surface area contributed by atoms with Gasteiger partial charge in [-0.1, -0.05) is 28.1 Å². The minimum absolute atomic E-state index is 0.413. The predicted molar refractivity (Wildman–Crippen MR) is 77.4 cm³/mol. The van der Waals surface area contributed by atoms with Crippen LogP contribution in [0.25, 0.3) is 0 Å². The van der Waals surface area contributed by atoms with E-state index in [1.807, 2.05) is 18.2 Å². The molecule has 1 aliphatic rings. The van der Waals surface area contributed by atoms with Crippen LogP contribution in [0.2, 0.25) is 0 Å². The standard InChI is InChI=1S/C12H15BrN2OS/c13-9-1-2-11(10(5-9)12(14)17)15-6-8-3-4-16-7-8/h1-2,5,8,15H,3-4,6-7H2,(H2,14,17). The number of rotatable bonds is 4. The van der Waals surface area contributed by atoms with Gasteiger partial charge in [0.2, 0.25) is 0 Å². The van der Waals surface area contributed by atoms with Gasteiger partial charge in [0.05, 0.1) is 6.61 Å². The zero-order valence-electron chi connectivity index (χ0n) is 9.41. The van der Waals surface area contributed by atoms with Crippen molar-refractivity contribution in [3.63, 3.8) is 0 Å². The fourth-order valence-electron chi connectivity index (χ4n) is 1.87. The first-order chi connectivity index (χ1) is 8.16. The number of halogens is 1. The van der Waals surface area contributed by atoms with Gasteiger partial charge in [-0.05, 0) is 24.6 Å². The van der Waals surface area contributed by atoms with Crippen LogP contribution in [0.5, 0.6) is 0 Å². The minimum Gasteiger partial charge on any atom is -0.389 e. The van der Waals surface area contributed by atoms with E-state index in [-0.39, 0.29) is 0 Å². The second kappa shape index (κ2) is 5.80. The molecule has 0 spiro atoms. The third-order valence-electron chi connectivity index (χ3n) is 2.85. The molecule has 92 valence electrons. The third-order valence-corrected chi connectivity index (χ3v) is 3.57. The zero-order valence-corrected chi connectivity index (χ0v) is 11.8. The Balaban J connectivity index is 2.06. The van der Waals surface area contributed by atoms with Crippen molar-refractivity contribution < 1.29 is 4.74 Å². The van der Waals surface area contributed by atoms with Gasteiger partial charge >= 0.3 is 0 Å². The summed E-state index contributed by atoms with van der Waals surface area (Å²) in [5.41, 5.74) is 7.59. The first-order valence-corrected chi connectivity index (χ1v) is 6.78. The van der Waals surface area contributed by atoms with Gasteiger partial charge in [-0.25, -0.2) is 0 Å². The van der Waals surface area contributed by atoms with Gasteiger partial charge in [0.15, 0.2) is 0 Å². The van der Waals surface area contributed by atoms with Crippen LogP contribution >= 0.6 is 28.1 Å². The van der Waals surface area contributed by atoms with Crippen LogP contribution in [0.15, 0.2) is 22.7 Å². The molecule has 0 aromatic heterocycles. The first-order valence-electron chi connectivity index (χ1n) is 5.58. The van der Waals surface area contributed by atoms with Crippen LogP contribution in [0, 0.1) is 5.92 Å². The number of hydrogen-bond donors (Lipinski definition) is 2. The highest BCUT2D eigenvalue weighted by Gasteiger charge is 2.16. The van der Waals surface area contributed by atoms with Gasteiger partial charge in [0, 0.05) is 34.8 Å². The van der Waals surface area contributed by atoms with Gasteiger partial charge < -0.3 is 15.8 Å². The fourth-order valence-corrected chi connectivity index (χ4v) is 2.40. The molecule has 3 nitrogen and oxygen atoms in total. The van der Waals surface area contributed by atoms with Gasteiger partial charge in [0.25, 0.3) is 0 Å². The summed E-state index contributed by atoms with van der Waals surface area (Å²) in [6, 6.07) is 5.92. The maximum Gasteiger partial charge on any atom is 0.106 e. The maximum atomic E-state index is 5.71. The molecule has 1 aromatic rings. The van der Waals surface area contributed by atoms with Crippen LogP contribution in [0.1, 0.15) is 12.0 Å². The molecule has 0 radical (unpaired) electrons. The number of nitrogens with two attached hydrogens (primary N) is 1. The Hall–Kier alpha value is -0.650. The molecule has 0 bridgehead atoms. The average Bonchev–Trinajstić information content (AvgIpc) is 2.80. The zero-order chi connectivity index (χ0) is 12.3. The molecule has 2 rings (SSSR count). The summed E-state index contributed by atoms with van der Waals surface area (Å²) < 4.78 is 6.33. The molecular weight excluding hydrogens is 300 g/mol. The molecule has 1 aliphatic heterocycles. The third kappa shape index (κ3) is 3.40. The van der Waals surface area contributed by atoms with Crippen LogP contribution in [0.4, 0.5) is 5.69 Å². The highest BCUT2D eigenvalue weighted by Crippen LogP contribution is 2.22. The number of anilines is 1. The van der Waals surface area contributed by atoms with Crippen LogP contribution in [-0.4, -0.2) is 24.7 Å². The Labute approximate surface area is 115 Å². The van der Waals surface area contributed by atoms with Crippen molar-refractivity contribution in [2.45, 2.75) is 6.42 Å². The lowest BCUT2D eigenvalue weighted by Gasteiger charge is -2.14. The van der Waals surface area contributed by atoms with E-state index in [9.17, 15) is 0 Å². The molecule has 1 fully saturated rings. The predicted octanol–water partition coefficient (Wildman–Crippen LogP) is 2.53. The molecule has 3 N–H and O–H groups in total. The quantitative estimate of drug-likeness (QED) is 0.838. The molecule has 1 aromatic carbocycles. The topological polar surface area (TPSA) is 47.3 Å². The van der Waals surface area contributed by atoms with Gasteiger partial charge in [-0.3, -0.25) is 0 Å². The second-order valence-corrected chi connectivity index (χ2v) is 5.52. The lowest BCUT2D eigenvalue weighted by molar-refractivity contribution is 0.187. The van der Waals surface area contributed by atoms with Crippen molar-refractivity contribution in [3.05, 3.63) is 28.2 Å². The van der Waals surface area contributed by atoms with Crippen LogP contribution < -0.4 is 11.1 Å². The number of hydrogen-bond acceptors (Lipinski definition) is 3. The number of ether oxygens (including phenoxy) is 1. The van der Waals surface area contributed by atoms with Gasteiger partial charge in [-0.2, -0.15) is 0 Å². The lowest BCUT2D eigenvalue weighted by Crippen LogP contribution is -2.18. The van der Waals surface area contributed by atoms with Crippen molar-refractivity contribution in [3.8, 4) is 0 Å². The Morgan fingerprint density at radius 3 is 3.06 bits per heavy atom. The molecule has 5 heteroatoms. The minimum atomic E-state index is 0.413. The summed E-state index contributed by atoms with van der Waals surface area (Å²) in [4.78, 5) is 0.413. The summed E-state index contributed by atoms with van der Waals surface area (Å²) in [7, 11) is 0. The molecule has 0 amide bonds. The Kier molecular flexibility index (Phi) is 4.36. The monoisotopic (exact) mass is 314 g/mol. The average molecular weight is 315 g/mol. The van der Waals surface area contributed by atoms with E-state index in [0.717, 1.165) is 41.9 Å². The molecule has 1 saturated heterocycles. The van der Waals surface area contributed by atoms with Crippen LogP contribution in [0.3, 0.4) is 0 Å². The van der Waals surface area contributed by atoms with Crippen LogP contribution in [-0.2, 0) is 4.74 Å². The summed E-state index contributed by atoms with van der Waals surface area (Å²) >= 11 is 8.47. The summed E-state index contributed by atoms with van der Waals surface area (Å²) in [6.07, 6.45) is 1.12. The first kappa shape index (κ1) is 12.8. The fraction of sp³-hybridized carbons (Fsp3) is 0.417. The normalized spacial score (nSPS) is 19.2. The molecule has 0 saturated carbocycles. The SMILES string of the molecule is NC(=S)c1cc(Br)ccc1NCC1CCOC1. The van der Waals surface area contributed by atoms with E-state index in [2.05, 4.69) is 21.2 Å². The van der Waals surface area contributed by atoms with E-state index in [0.29, 0.717) is 10.9 Å². The summed E-state index contributed by atoms with van der Waals surface area (Å²) in [6.45, 7) is 2.61. The molecule has 1 atom stereocenters. The Morgan fingerprint density at radius 2 is 2.41 bits per heavy atom. The summed E-state index contributed by atoms with van der Waals surface area (Å²) in [5.74, 6) is 0.581. The van der Waals surface area contributed by atoms with Gasteiger partial charge in [0.1, 0.15) is 4.99 Å². The lowest BCUT2D eigenvalue weighted by atomic mass is 10.1. The molecule has 17 heavy (non-hydrogen) atoms.